The molecule has 0 aliphatic carbocycles. The minimum Gasteiger partial charge on any atom is -0.381 e. The molecule has 5 heterocycles. The summed E-state index contributed by atoms with van der Waals surface area (Å²) < 4.78 is 9.21. The SMILES string of the molecule is Cc1cc2[nH]c(=O)c3cnn(C4CCOCC4)c3c2cc1C(=O)N1CCN(Cc2c(C)nn(C)c2Cl)[C@@H](C)C1. The summed E-state index contributed by atoms with van der Waals surface area (Å²) in [5.41, 5.74) is 4.81. The van der Waals surface area contributed by atoms with E-state index in [1.807, 2.05) is 42.6 Å². The normalized spacial score (nSPS) is 19.4. The Labute approximate surface area is 231 Å². The third-order valence-corrected chi connectivity index (χ3v) is 8.83. The fourth-order valence-corrected chi connectivity index (χ4v) is 6.31. The zero-order valence-corrected chi connectivity index (χ0v) is 23.6. The predicted molar refractivity (Wildman–Crippen MR) is 150 cm³/mol. The Morgan fingerprint density at radius 3 is 2.64 bits per heavy atom. The Bertz CT molecular complexity index is 1630. The van der Waals surface area contributed by atoms with Crippen LogP contribution in [0.2, 0.25) is 5.15 Å². The van der Waals surface area contributed by atoms with Crippen LogP contribution >= 0.6 is 11.6 Å². The number of aromatic amines is 1. The Morgan fingerprint density at radius 1 is 1.18 bits per heavy atom. The maximum atomic E-state index is 13.9. The van der Waals surface area contributed by atoms with E-state index < -0.39 is 0 Å². The van der Waals surface area contributed by atoms with E-state index in [9.17, 15) is 9.59 Å². The van der Waals surface area contributed by atoms with Crippen LogP contribution in [0, 0.1) is 13.8 Å². The molecule has 1 N–H and O–H groups in total. The smallest absolute Gasteiger partial charge is 0.259 e. The van der Waals surface area contributed by atoms with Crippen molar-refractivity contribution in [2.75, 3.05) is 32.8 Å². The number of amides is 1. The number of fused-ring (bicyclic) bond motifs is 3. The Hall–Kier alpha value is -3.21. The van der Waals surface area contributed by atoms with Crippen LogP contribution in [0.3, 0.4) is 0 Å². The first-order valence-corrected chi connectivity index (χ1v) is 13.9. The molecule has 0 bridgehead atoms. The molecule has 0 unspecified atom stereocenters. The van der Waals surface area contributed by atoms with E-state index in [1.54, 1.807) is 10.9 Å². The van der Waals surface area contributed by atoms with Gasteiger partial charge in [0.15, 0.2) is 0 Å². The summed E-state index contributed by atoms with van der Waals surface area (Å²) in [5.74, 6) is 0.00738. The zero-order valence-electron chi connectivity index (χ0n) is 22.8. The zero-order chi connectivity index (χ0) is 27.4. The molecule has 3 aromatic heterocycles. The molecule has 2 aliphatic rings. The first kappa shape index (κ1) is 26.0. The number of nitrogens with one attached hydrogen (secondary N) is 1. The third-order valence-electron chi connectivity index (χ3n) is 8.36. The van der Waals surface area contributed by atoms with Crippen molar-refractivity contribution in [3.63, 3.8) is 0 Å². The number of halogens is 1. The average molecular weight is 552 g/mol. The number of rotatable bonds is 4. The monoisotopic (exact) mass is 551 g/mol. The van der Waals surface area contributed by atoms with Gasteiger partial charge in [-0.2, -0.15) is 10.2 Å². The molecule has 2 fully saturated rings. The van der Waals surface area contributed by atoms with E-state index >= 15 is 0 Å². The lowest BCUT2D eigenvalue weighted by Gasteiger charge is -2.40. The maximum absolute atomic E-state index is 13.9. The molecule has 11 heteroatoms. The van der Waals surface area contributed by atoms with Gasteiger partial charge >= 0.3 is 0 Å². The highest BCUT2D eigenvalue weighted by atomic mass is 35.5. The number of aromatic nitrogens is 5. The van der Waals surface area contributed by atoms with Gasteiger partial charge in [0.2, 0.25) is 0 Å². The van der Waals surface area contributed by atoms with E-state index in [1.165, 1.54) is 0 Å². The molecule has 4 aromatic rings. The minimum atomic E-state index is -0.164. The number of piperazine rings is 1. The van der Waals surface area contributed by atoms with Crippen molar-refractivity contribution in [2.24, 2.45) is 7.05 Å². The molecule has 2 saturated heterocycles. The second kappa shape index (κ2) is 10.1. The Balaban J connectivity index is 1.30. The number of aryl methyl sites for hydroxylation is 3. The van der Waals surface area contributed by atoms with Gasteiger partial charge in [0.25, 0.3) is 11.5 Å². The summed E-state index contributed by atoms with van der Waals surface area (Å²) in [6.07, 6.45) is 3.32. The fourth-order valence-electron chi connectivity index (χ4n) is 6.07. The third kappa shape index (κ3) is 4.54. The summed E-state index contributed by atoms with van der Waals surface area (Å²) in [6, 6.07) is 4.18. The van der Waals surface area contributed by atoms with Crippen LogP contribution < -0.4 is 5.56 Å². The number of ether oxygens (including phenoxy) is 1. The van der Waals surface area contributed by atoms with Crippen molar-refractivity contribution in [1.82, 2.24) is 34.3 Å². The highest BCUT2D eigenvalue weighted by molar-refractivity contribution is 6.30. The highest BCUT2D eigenvalue weighted by Gasteiger charge is 2.30. The number of hydrogen-bond donors (Lipinski definition) is 1. The lowest BCUT2D eigenvalue weighted by molar-refractivity contribution is 0.0494. The summed E-state index contributed by atoms with van der Waals surface area (Å²) in [6.45, 7) is 10.1. The number of H-pyrrole nitrogens is 1. The molecule has 1 aromatic carbocycles. The van der Waals surface area contributed by atoms with E-state index in [-0.39, 0.29) is 23.6 Å². The van der Waals surface area contributed by atoms with Gasteiger partial charge in [-0.15, -0.1) is 0 Å². The lowest BCUT2D eigenvalue weighted by atomic mass is 10.0. The molecule has 0 radical (unpaired) electrons. The molecule has 2 aliphatic heterocycles. The second-order valence-corrected chi connectivity index (χ2v) is 11.3. The molecule has 6 rings (SSSR count). The molecule has 0 saturated carbocycles. The molecule has 206 valence electrons. The molecular formula is C28H34ClN7O3. The van der Waals surface area contributed by atoms with Crippen molar-refractivity contribution in [3.05, 3.63) is 56.2 Å². The summed E-state index contributed by atoms with van der Waals surface area (Å²) in [7, 11) is 1.85. The Morgan fingerprint density at radius 2 is 1.95 bits per heavy atom. The minimum absolute atomic E-state index is 0.00738. The van der Waals surface area contributed by atoms with E-state index in [0.29, 0.717) is 49.0 Å². The topological polar surface area (TPSA) is 101 Å². The maximum Gasteiger partial charge on any atom is 0.259 e. The average Bonchev–Trinajstić information content (AvgIpc) is 3.47. The second-order valence-electron chi connectivity index (χ2n) is 10.9. The number of pyridine rings is 1. The van der Waals surface area contributed by atoms with Gasteiger partial charge in [-0.25, -0.2) is 0 Å². The van der Waals surface area contributed by atoms with Gasteiger partial charge in [0.05, 0.1) is 34.4 Å². The largest absolute Gasteiger partial charge is 0.381 e. The van der Waals surface area contributed by atoms with Crippen LogP contribution in [0.1, 0.15) is 53.0 Å². The molecule has 0 spiro atoms. The van der Waals surface area contributed by atoms with Crippen LogP contribution in [0.4, 0.5) is 0 Å². The van der Waals surface area contributed by atoms with Crippen LogP contribution in [-0.2, 0) is 18.3 Å². The molecule has 10 nitrogen and oxygen atoms in total. The van der Waals surface area contributed by atoms with Crippen molar-refractivity contribution in [2.45, 2.75) is 52.2 Å². The van der Waals surface area contributed by atoms with Crippen molar-refractivity contribution < 1.29 is 9.53 Å². The highest BCUT2D eigenvalue weighted by Crippen LogP contribution is 2.31. The van der Waals surface area contributed by atoms with Gasteiger partial charge in [-0.05, 0) is 51.3 Å². The van der Waals surface area contributed by atoms with Gasteiger partial charge in [-0.1, -0.05) is 11.6 Å². The number of hydrogen-bond acceptors (Lipinski definition) is 6. The quantitative estimate of drug-likeness (QED) is 0.416. The Kier molecular flexibility index (Phi) is 6.73. The lowest BCUT2D eigenvalue weighted by Crippen LogP contribution is -2.53. The number of carbonyl (C=O) groups excluding carboxylic acids is 1. The standard InChI is InChI=1S/C28H34ClN7O3/c1-16-11-24-21(25-22(27(37)31-24)13-30-36(25)19-5-9-39-10-6-19)12-20(16)28(38)35-8-7-34(17(2)14-35)15-23-18(3)32-33(4)26(23)29/h11-13,17,19H,5-10,14-15H2,1-4H3,(H,31,37)/t17-/m0/s1. The van der Waals surface area contributed by atoms with Crippen LogP contribution in [-0.4, -0.2) is 79.1 Å². The molecular weight excluding hydrogens is 518 g/mol. The fraction of sp³-hybridized carbons (Fsp3) is 0.500. The van der Waals surface area contributed by atoms with Crippen molar-refractivity contribution >= 4 is 39.3 Å². The van der Waals surface area contributed by atoms with Crippen LogP contribution in [0.5, 0.6) is 0 Å². The van der Waals surface area contributed by atoms with Gasteiger partial charge in [0, 0.05) is 69.0 Å². The van der Waals surface area contributed by atoms with Gasteiger partial charge in [-0.3, -0.25) is 23.9 Å². The van der Waals surface area contributed by atoms with Gasteiger partial charge in [0.1, 0.15) is 5.15 Å². The van der Waals surface area contributed by atoms with E-state index in [2.05, 4.69) is 27.0 Å². The van der Waals surface area contributed by atoms with E-state index in [4.69, 9.17) is 16.3 Å². The van der Waals surface area contributed by atoms with Crippen LogP contribution in [0.25, 0.3) is 21.8 Å². The van der Waals surface area contributed by atoms with Crippen LogP contribution in [0.15, 0.2) is 23.1 Å². The number of carbonyl (C=O) groups is 1. The van der Waals surface area contributed by atoms with E-state index in [0.717, 1.165) is 52.6 Å². The summed E-state index contributed by atoms with van der Waals surface area (Å²) >= 11 is 6.48. The van der Waals surface area contributed by atoms with Crippen molar-refractivity contribution in [1.29, 1.82) is 0 Å². The number of benzene rings is 1. The molecule has 39 heavy (non-hydrogen) atoms. The summed E-state index contributed by atoms with van der Waals surface area (Å²) in [4.78, 5) is 34.0. The molecule has 1 amide bonds. The first-order valence-electron chi connectivity index (χ1n) is 13.6. The number of nitrogens with zero attached hydrogens (tertiary/aromatic N) is 6. The van der Waals surface area contributed by atoms with Gasteiger partial charge < -0.3 is 14.6 Å². The first-order chi connectivity index (χ1) is 18.7. The predicted octanol–water partition coefficient (Wildman–Crippen LogP) is 3.58. The molecule has 1 atom stereocenters. The van der Waals surface area contributed by atoms with Crippen molar-refractivity contribution in [3.8, 4) is 0 Å². The summed E-state index contributed by atoms with van der Waals surface area (Å²) in [5, 5.41) is 11.1.